The fourth-order valence-electron chi connectivity index (χ4n) is 2.48. The molecular weight excluding hydrogens is 428 g/mol. The molecule has 0 saturated carbocycles. The van der Waals surface area contributed by atoms with Crippen molar-refractivity contribution in [1.29, 1.82) is 0 Å². The minimum Gasteiger partial charge on any atom is -0.387 e. The molecule has 17 heteroatoms. The maximum Gasteiger partial charge on any atom is 0.479 e. The van der Waals surface area contributed by atoms with Crippen LogP contribution in [0.15, 0.2) is 12.7 Å². The van der Waals surface area contributed by atoms with Crippen molar-refractivity contribution in [3.63, 3.8) is 0 Å². The van der Waals surface area contributed by atoms with E-state index in [0.717, 1.165) is 0 Å². The lowest BCUT2D eigenvalue weighted by Gasteiger charge is -2.18. The topological polar surface area (TPSA) is 216 Å². The Kier molecular flexibility index (Phi) is 5.65. The molecule has 1 aliphatic rings. The Morgan fingerprint density at radius 1 is 1.26 bits per heavy atom. The minimum atomic E-state index is -4.92. The molecule has 0 radical (unpaired) electrons. The Morgan fingerprint density at radius 2 is 1.96 bits per heavy atom. The zero-order valence-corrected chi connectivity index (χ0v) is 15.8. The molecule has 0 aliphatic carbocycles. The van der Waals surface area contributed by atoms with E-state index in [2.05, 4.69) is 35.6 Å². The largest absolute Gasteiger partial charge is 0.479 e. The molecule has 2 aromatic rings. The van der Waals surface area contributed by atoms with Crippen molar-refractivity contribution in [2.45, 2.75) is 24.5 Å². The first-order chi connectivity index (χ1) is 12.5. The van der Waals surface area contributed by atoms with Crippen LogP contribution in [0.4, 0.5) is 5.82 Å². The average molecular weight is 443 g/mol. The molecule has 0 bridgehead atoms. The Bertz CT molecular complexity index is 937. The number of hydrogen-bond donors (Lipinski definition) is 6. The van der Waals surface area contributed by atoms with Gasteiger partial charge in [0, 0.05) is 0 Å². The van der Waals surface area contributed by atoms with Crippen molar-refractivity contribution in [2.24, 2.45) is 0 Å². The van der Waals surface area contributed by atoms with Crippen LogP contribution in [0.1, 0.15) is 6.23 Å². The smallest absolute Gasteiger partial charge is 0.387 e. The van der Waals surface area contributed by atoms with Crippen molar-refractivity contribution in [3.8, 4) is 0 Å². The van der Waals surface area contributed by atoms with Gasteiger partial charge in [0.15, 0.2) is 17.7 Å². The van der Waals surface area contributed by atoms with Crippen molar-refractivity contribution >= 4 is 43.3 Å². The normalized spacial score (nSPS) is 28.5. The first-order valence-corrected chi connectivity index (χ1v) is 11.3. The predicted octanol–water partition coefficient (Wildman–Crippen LogP) is -1.63. The summed E-state index contributed by atoms with van der Waals surface area (Å²) in [7, 11) is -4.92. The molecule has 3 heterocycles. The molecule has 0 aromatic carbocycles. The average Bonchev–Trinajstić information content (AvgIpc) is 3.07. The number of aromatic nitrogens is 4. The quantitative estimate of drug-likeness (QED) is 0.276. The lowest BCUT2D eigenvalue weighted by atomic mass is 10.1. The van der Waals surface area contributed by atoms with E-state index in [-0.39, 0.29) is 17.0 Å². The van der Waals surface area contributed by atoms with E-state index in [9.17, 15) is 19.7 Å². The second-order valence-electron chi connectivity index (χ2n) is 5.47. The highest BCUT2D eigenvalue weighted by Gasteiger charge is 2.45. The van der Waals surface area contributed by atoms with Crippen LogP contribution in [0.25, 0.3) is 11.2 Å². The molecule has 27 heavy (non-hydrogen) atoms. The fourth-order valence-corrected chi connectivity index (χ4v) is 4.84. The summed E-state index contributed by atoms with van der Waals surface area (Å²) < 4.78 is 26.9. The summed E-state index contributed by atoms with van der Waals surface area (Å²) >= 11 is 4.09. The summed E-state index contributed by atoms with van der Waals surface area (Å²) in [6.07, 6.45) is -2.95. The summed E-state index contributed by atoms with van der Waals surface area (Å²) in [5.41, 5.74) is 6.18. The predicted molar refractivity (Wildman–Crippen MR) is 91.2 cm³/mol. The number of anilines is 1. The van der Waals surface area contributed by atoms with Gasteiger partial charge in [-0.2, -0.15) is 0 Å². The summed E-state index contributed by atoms with van der Waals surface area (Å²) in [5.74, 6) is 0.105. The van der Waals surface area contributed by atoms with Gasteiger partial charge < -0.3 is 35.4 Å². The van der Waals surface area contributed by atoms with Gasteiger partial charge in [0.2, 0.25) is 0 Å². The number of phosphoric ester groups is 1. The van der Waals surface area contributed by atoms with Gasteiger partial charge in [-0.05, 0) is 11.8 Å². The number of fused-ring (bicyclic) bond motifs is 1. The number of ether oxygens (including phenoxy) is 1. The number of nitrogens with two attached hydrogens (primary N) is 1. The Morgan fingerprint density at radius 3 is 2.63 bits per heavy atom. The molecule has 2 aromatic heterocycles. The molecular formula is C10H15N5O9P2S. The van der Waals surface area contributed by atoms with Gasteiger partial charge in [0.05, 0.1) is 12.9 Å². The van der Waals surface area contributed by atoms with E-state index < -0.39 is 45.7 Å². The zero-order chi connectivity index (χ0) is 20.0. The van der Waals surface area contributed by atoms with Crippen LogP contribution >= 0.6 is 14.5 Å². The van der Waals surface area contributed by atoms with Crippen molar-refractivity contribution in [1.82, 2.24) is 19.5 Å². The number of phosphoric acid groups is 1. The number of nitrogens with zero attached hydrogens (tertiary/aromatic N) is 4. The first-order valence-electron chi connectivity index (χ1n) is 7.17. The molecule has 2 unspecified atom stereocenters. The van der Waals surface area contributed by atoms with Crippen LogP contribution in [0, 0.1) is 0 Å². The van der Waals surface area contributed by atoms with E-state index in [1.807, 2.05) is 0 Å². The highest BCUT2D eigenvalue weighted by atomic mass is 32.5. The van der Waals surface area contributed by atoms with Gasteiger partial charge >= 0.3 is 14.5 Å². The molecule has 7 N–H and O–H groups in total. The van der Waals surface area contributed by atoms with Crippen molar-refractivity contribution < 1.29 is 43.0 Å². The Labute approximate surface area is 156 Å². The number of aliphatic hydroxyl groups is 2. The second-order valence-corrected chi connectivity index (χ2v) is 9.72. The third-order valence-corrected chi connectivity index (χ3v) is 6.36. The molecule has 0 spiro atoms. The van der Waals surface area contributed by atoms with Crippen molar-refractivity contribution in [3.05, 3.63) is 12.7 Å². The third-order valence-electron chi connectivity index (χ3n) is 3.61. The third kappa shape index (κ3) is 4.50. The van der Waals surface area contributed by atoms with Gasteiger partial charge in [0.1, 0.15) is 30.2 Å². The van der Waals surface area contributed by atoms with Crippen LogP contribution in [0.2, 0.25) is 0 Å². The summed E-state index contributed by atoms with van der Waals surface area (Å²) in [4.78, 5) is 39.0. The Hall–Kier alpha value is -1.09. The van der Waals surface area contributed by atoms with Crippen LogP contribution in [-0.4, -0.2) is 69.3 Å². The van der Waals surface area contributed by atoms with Crippen LogP contribution < -0.4 is 5.73 Å². The van der Waals surface area contributed by atoms with E-state index in [0.29, 0.717) is 0 Å². The molecule has 150 valence electrons. The highest BCUT2D eigenvalue weighted by Crippen LogP contribution is 2.58. The Balaban J connectivity index is 1.75. The van der Waals surface area contributed by atoms with Gasteiger partial charge in [-0.15, -0.1) is 0 Å². The lowest BCUT2D eigenvalue weighted by Crippen LogP contribution is -2.33. The van der Waals surface area contributed by atoms with Gasteiger partial charge in [-0.1, -0.05) is 0 Å². The standard InChI is InChI=1S/C10H15N5O9P2S/c11-8-5-9(13-2-12-8)15(3-14-5)10-7(17)6(16)4(23-10)1-22-25(18,19)24-26(20,21)27/h2-4,6-7,10,16-17H,1H2,(H,18,19)(H2,11,12,13)(H2,20,21,27)/t4-,6?,7+,10-/m1/s1. The fraction of sp³-hybridized carbons (Fsp3) is 0.500. The lowest BCUT2D eigenvalue weighted by molar-refractivity contribution is -0.0502. The van der Waals surface area contributed by atoms with Gasteiger partial charge in [-0.3, -0.25) is 9.09 Å². The SMILES string of the molecule is Nc1ncnc2c1ncn2[C@@H]1O[C@H](COP(=O)(O)OP(O)(O)=S)C(O)[C@@H]1O. The number of imidazole rings is 1. The monoisotopic (exact) mass is 443 g/mol. The zero-order valence-electron chi connectivity index (χ0n) is 13.2. The molecule has 1 fully saturated rings. The molecule has 1 aliphatic heterocycles. The van der Waals surface area contributed by atoms with Crippen LogP contribution in [0.5, 0.6) is 0 Å². The first kappa shape index (κ1) is 20.6. The highest BCUT2D eigenvalue weighted by molar-refractivity contribution is 8.08. The maximum atomic E-state index is 11.6. The molecule has 0 amide bonds. The van der Waals surface area contributed by atoms with Crippen LogP contribution in [-0.2, 0) is 29.9 Å². The molecule has 5 atom stereocenters. The number of nitrogen functional groups attached to an aromatic ring is 1. The number of aliphatic hydroxyl groups excluding tert-OH is 2. The summed E-state index contributed by atoms with van der Waals surface area (Å²) in [5, 5.41) is 20.3. The van der Waals surface area contributed by atoms with Gasteiger partial charge in [-0.25, -0.2) is 23.8 Å². The van der Waals surface area contributed by atoms with E-state index >= 15 is 0 Å². The minimum absolute atomic E-state index is 0.105. The van der Waals surface area contributed by atoms with E-state index in [1.165, 1.54) is 17.2 Å². The summed E-state index contributed by atoms with van der Waals surface area (Å²) in [6.45, 7) is -5.18. The number of hydrogen-bond acceptors (Lipinski definition) is 11. The molecule has 14 nitrogen and oxygen atoms in total. The summed E-state index contributed by atoms with van der Waals surface area (Å²) in [6, 6.07) is 0. The molecule has 1 saturated heterocycles. The van der Waals surface area contributed by atoms with Gasteiger partial charge in [0.25, 0.3) is 0 Å². The number of rotatable bonds is 6. The maximum absolute atomic E-state index is 11.6. The van der Waals surface area contributed by atoms with E-state index in [1.54, 1.807) is 0 Å². The molecule has 3 rings (SSSR count). The van der Waals surface area contributed by atoms with Crippen LogP contribution in [0.3, 0.4) is 0 Å². The van der Waals surface area contributed by atoms with E-state index in [4.69, 9.17) is 20.3 Å². The second kappa shape index (κ2) is 7.39. The van der Waals surface area contributed by atoms with Crippen molar-refractivity contribution in [2.75, 3.05) is 12.3 Å².